The van der Waals surface area contributed by atoms with Crippen LogP contribution in [0.1, 0.15) is 26.7 Å². The summed E-state index contributed by atoms with van der Waals surface area (Å²) >= 11 is 5.94. The lowest BCUT2D eigenvalue weighted by Crippen LogP contribution is -2.41. The average molecular weight is 274 g/mol. The molecule has 1 aromatic heterocycles. The zero-order valence-corrected chi connectivity index (χ0v) is 11.1. The van der Waals surface area contributed by atoms with Crippen LogP contribution in [-0.2, 0) is 0 Å². The fourth-order valence-corrected chi connectivity index (χ4v) is 1.77. The Labute approximate surface area is 110 Å². The van der Waals surface area contributed by atoms with E-state index >= 15 is 0 Å². The molecule has 0 saturated heterocycles. The van der Waals surface area contributed by atoms with Gasteiger partial charge in [-0.3, -0.25) is 10.1 Å². The molecule has 7 heteroatoms. The van der Waals surface area contributed by atoms with Crippen LogP contribution in [0.4, 0.5) is 11.5 Å². The van der Waals surface area contributed by atoms with Crippen LogP contribution in [0.5, 0.6) is 0 Å². The summed E-state index contributed by atoms with van der Waals surface area (Å²) in [5.74, 6) is 0.347. The molecule has 0 aromatic carbocycles. The molecule has 0 fully saturated rings. The minimum atomic E-state index is -0.554. The first-order chi connectivity index (χ1) is 8.48. The number of rotatable bonds is 6. The number of aliphatic hydroxyl groups is 1. The summed E-state index contributed by atoms with van der Waals surface area (Å²) in [6.45, 7) is 3.81. The Kier molecular flexibility index (Phi) is 4.86. The second kappa shape index (κ2) is 5.97. The molecular weight excluding hydrogens is 258 g/mol. The summed E-state index contributed by atoms with van der Waals surface area (Å²) in [6, 6.07) is 1.24. The van der Waals surface area contributed by atoms with E-state index in [1.165, 1.54) is 6.07 Å². The molecule has 0 spiro atoms. The zero-order valence-electron chi connectivity index (χ0n) is 10.3. The second-order valence-electron chi connectivity index (χ2n) is 4.05. The summed E-state index contributed by atoms with van der Waals surface area (Å²) in [6.07, 6.45) is 2.52. The van der Waals surface area contributed by atoms with E-state index in [1.54, 1.807) is 0 Å². The van der Waals surface area contributed by atoms with Gasteiger partial charge in [0.1, 0.15) is 12.0 Å². The van der Waals surface area contributed by atoms with E-state index in [9.17, 15) is 15.2 Å². The summed E-state index contributed by atoms with van der Waals surface area (Å²) in [7, 11) is 0. The van der Waals surface area contributed by atoms with E-state index in [1.807, 2.05) is 13.8 Å². The Morgan fingerprint density at radius 3 is 2.56 bits per heavy atom. The molecule has 2 N–H and O–H groups in total. The van der Waals surface area contributed by atoms with Crippen molar-refractivity contribution in [3.05, 3.63) is 27.4 Å². The predicted octanol–water partition coefficient (Wildman–Crippen LogP) is 2.61. The maximum Gasteiger partial charge on any atom is 0.289 e. The van der Waals surface area contributed by atoms with Crippen LogP contribution in [0.15, 0.2) is 12.3 Å². The van der Waals surface area contributed by atoms with Gasteiger partial charge in [0.15, 0.2) is 0 Å². The number of aromatic nitrogens is 1. The highest BCUT2D eigenvalue weighted by molar-refractivity contribution is 6.33. The topological polar surface area (TPSA) is 88.3 Å². The molecule has 1 aromatic rings. The Balaban J connectivity index is 3.01. The van der Waals surface area contributed by atoms with Crippen LogP contribution in [0.2, 0.25) is 5.02 Å². The van der Waals surface area contributed by atoms with Crippen molar-refractivity contribution >= 4 is 23.1 Å². The fourth-order valence-electron chi connectivity index (χ4n) is 1.56. The maximum absolute atomic E-state index is 10.6. The average Bonchev–Trinajstić information content (AvgIpc) is 2.38. The third-order valence-electron chi connectivity index (χ3n) is 3.08. The highest BCUT2D eigenvalue weighted by Gasteiger charge is 2.26. The third kappa shape index (κ3) is 3.08. The molecule has 1 heterocycles. The van der Waals surface area contributed by atoms with Crippen molar-refractivity contribution in [3.8, 4) is 0 Å². The SMILES string of the molecule is CCC(CC)(CO)Nc1ncc([N+](=O)[O-])cc1Cl. The van der Waals surface area contributed by atoms with E-state index in [-0.39, 0.29) is 17.3 Å². The van der Waals surface area contributed by atoms with Gasteiger partial charge in [-0.1, -0.05) is 25.4 Å². The van der Waals surface area contributed by atoms with Crippen molar-refractivity contribution in [3.63, 3.8) is 0 Å². The molecule has 100 valence electrons. The van der Waals surface area contributed by atoms with E-state index in [0.717, 1.165) is 6.20 Å². The summed E-state index contributed by atoms with van der Waals surface area (Å²) in [4.78, 5) is 13.9. The van der Waals surface area contributed by atoms with Crippen LogP contribution in [-0.4, -0.2) is 27.2 Å². The first-order valence-electron chi connectivity index (χ1n) is 5.67. The lowest BCUT2D eigenvalue weighted by atomic mass is 9.94. The summed E-state index contributed by atoms with van der Waals surface area (Å²) < 4.78 is 0. The smallest absolute Gasteiger partial charge is 0.289 e. The molecule has 0 aliphatic heterocycles. The van der Waals surface area contributed by atoms with Gasteiger partial charge in [-0.2, -0.15) is 0 Å². The molecule has 0 aliphatic carbocycles. The molecule has 0 atom stereocenters. The van der Waals surface area contributed by atoms with Crippen LogP contribution < -0.4 is 5.32 Å². The molecule has 0 radical (unpaired) electrons. The molecule has 0 unspecified atom stereocenters. The van der Waals surface area contributed by atoms with Gasteiger partial charge in [-0.25, -0.2) is 4.98 Å². The molecule has 18 heavy (non-hydrogen) atoms. The molecular formula is C11H16ClN3O3. The molecule has 0 saturated carbocycles. The lowest BCUT2D eigenvalue weighted by molar-refractivity contribution is -0.385. The Bertz CT molecular complexity index is 427. The largest absolute Gasteiger partial charge is 0.394 e. The number of hydrogen-bond acceptors (Lipinski definition) is 5. The van der Waals surface area contributed by atoms with Crippen molar-refractivity contribution in [1.82, 2.24) is 4.98 Å². The van der Waals surface area contributed by atoms with Gasteiger partial charge in [0.05, 0.1) is 22.1 Å². The van der Waals surface area contributed by atoms with Crippen LogP contribution in [0.25, 0.3) is 0 Å². The second-order valence-corrected chi connectivity index (χ2v) is 4.46. The standard InChI is InChI=1S/C11H16ClN3O3/c1-3-11(4-2,7-16)14-10-9(12)5-8(6-13-10)15(17)18/h5-6,16H,3-4,7H2,1-2H3,(H,13,14). The molecule has 0 aliphatic rings. The number of halogens is 1. The molecule has 6 nitrogen and oxygen atoms in total. The molecule has 1 rings (SSSR count). The monoisotopic (exact) mass is 273 g/mol. The molecule has 0 amide bonds. The molecule has 0 bridgehead atoms. The number of aliphatic hydroxyl groups excluding tert-OH is 1. The van der Waals surface area contributed by atoms with Crippen LogP contribution in [0.3, 0.4) is 0 Å². The minimum absolute atomic E-state index is 0.0605. The van der Waals surface area contributed by atoms with Crippen molar-refractivity contribution in [1.29, 1.82) is 0 Å². The highest BCUT2D eigenvalue weighted by atomic mass is 35.5. The van der Waals surface area contributed by atoms with Crippen LogP contribution >= 0.6 is 11.6 Å². The van der Waals surface area contributed by atoms with Gasteiger partial charge in [0.25, 0.3) is 5.69 Å². The van der Waals surface area contributed by atoms with E-state index in [2.05, 4.69) is 10.3 Å². The predicted molar refractivity (Wildman–Crippen MR) is 69.9 cm³/mol. The number of hydrogen-bond donors (Lipinski definition) is 2. The van der Waals surface area contributed by atoms with E-state index in [4.69, 9.17) is 11.6 Å². The van der Waals surface area contributed by atoms with Crippen molar-refractivity contribution in [2.45, 2.75) is 32.2 Å². The van der Waals surface area contributed by atoms with Crippen molar-refractivity contribution in [2.24, 2.45) is 0 Å². The van der Waals surface area contributed by atoms with E-state index < -0.39 is 10.5 Å². The van der Waals surface area contributed by atoms with Gasteiger partial charge in [-0.05, 0) is 12.8 Å². The lowest BCUT2D eigenvalue weighted by Gasteiger charge is -2.31. The fraction of sp³-hybridized carbons (Fsp3) is 0.545. The quantitative estimate of drug-likeness (QED) is 0.614. The summed E-state index contributed by atoms with van der Waals surface area (Å²) in [5, 5.41) is 23.2. The van der Waals surface area contributed by atoms with Gasteiger partial charge in [0.2, 0.25) is 0 Å². The summed E-state index contributed by atoms with van der Waals surface area (Å²) in [5.41, 5.74) is -0.666. The number of nitrogens with zero attached hydrogens (tertiary/aromatic N) is 2. The van der Waals surface area contributed by atoms with Crippen LogP contribution in [0, 0.1) is 10.1 Å². The van der Waals surface area contributed by atoms with Gasteiger partial charge in [-0.15, -0.1) is 0 Å². The van der Waals surface area contributed by atoms with E-state index in [0.29, 0.717) is 18.7 Å². The number of nitrogens with one attached hydrogen (secondary N) is 1. The minimum Gasteiger partial charge on any atom is -0.394 e. The maximum atomic E-state index is 10.6. The van der Waals surface area contributed by atoms with Crippen molar-refractivity contribution in [2.75, 3.05) is 11.9 Å². The van der Waals surface area contributed by atoms with Gasteiger partial charge in [0, 0.05) is 6.07 Å². The van der Waals surface area contributed by atoms with Crippen molar-refractivity contribution < 1.29 is 10.0 Å². The first kappa shape index (κ1) is 14.7. The first-order valence-corrected chi connectivity index (χ1v) is 6.04. The van der Waals surface area contributed by atoms with Gasteiger partial charge >= 0.3 is 0 Å². The zero-order chi connectivity index (χ0) is 13.8. The number of anilines is 1. The highest BCUT2D eigenvalue weighted by Crippen LogP contribution is 2.28. The Morgan fingerprint density at radius 2 is 2.17 bits per heavy atom. The number of pyridine rings is 1. The third-order valence-corrected chi connectivity index (χ3v) is 3.37. The number of nitro groups is 1. The Hall–Kier alpha value is -1.40. The normalized spacial score (nSPS) is 11.3. The van der Waals surface area contributed by atoms with Gasteiger partial charge < -0.3 is 10.4 Å². The Morgan fingerprint density at radius 1 is 1.56 bits per heavy atom.